The van der Waals surface area contributed by atoms with E-state index in [2.05, 4.69) is 5.32 Å². The lowest BCUT2D eigenvalue weighted by molar-refractivity contribution is -0.120. The minimum atomic E-state index is 0.0298. The maximum atomic E-state index is 10.9. The van der Waals surface area contributed by atoms with Gasteiger partial charge in [-0.1, -0.05) is 21.6 Å². The van der Waals surface area contributed by atoms with Gasteiger partial charge in [-0.05, 0) is 19.1 Å². The Bertz CT molecular complexity index is 176. The third-order valence-electron chi connectivity index (χ3n) is 1.85. The molecule has 1 aliphatic rings. The zero-order chi connectivity index (χ0) is 9.68. The Balaban J connectivity index is 2.41. The summed E-state index contributed by atoms with van der Waals surface area (Å²) in [5.41, 5.74) is 0.118. The van der Waals surface area contributed by atoms with Gasteiger partial charge < -0.3 is 10.1 Å². The molecule has 3 nitrogen and oxygen atoms in total. The van der Waals surface area contributed by atoms with Gasteiger partial charge in [-0.15, -0.1) is 0 Å². The molecule has 5 heteroatoms. The van der Waals surface area contributed by atoms with Crippen LogP contribution in [0.4, 0.5) is 0 Å². The first-order chi connectivity index (χ1) is 6.24. The second-order valence-corrected chi connectivity index (χ2v) is 5.52. The first kappa shape index (κ1) is 11.2. The summed E-state index contributed by atoms with van der Waals surface area (Å²) in [6.45, 7) is 2.36. The monoisotopic (exact) mass is 221 g/mol. The van der Waals surface area contributed by atoms with Crippen molar-refractivity contribution in [2.75, 3.05) is 12.9 Å². The SMILES string of the molecule is CSSC1OCCCC1NC(C)=O. The molecule has 1 rings (SSSR count). The molecular weight excluding hydrogens is 206 g/mol. The third-order valence-corrected chi connectivity index (χ3v) is 3.84. The molecule has 13 heavy (non-hydrogen) atoms. The molecule has 0 aromatic rings. The van der Waals surface area contributed by atoms with Crippen molar-refractivity contribution in [2.24, 2.45) is 0 Å². The quantitative estimate of drug-likeness (QED) is 0.735. The molecule has 1 N–H and O–H groups in total. The van der Waals surface area contributed by atoms with E-state index < -0.39 is 0 Å². The van der Waals surface area contributed by atoms with E-state index >= 15 is 0 Å². The van der Waals surface area contributed by atoms with Gasteiger partial charge in [-0.25, -0.2) is 0 Å². The largest absolute Gasteiger partial charge is 0.365 e. The fourth-order valence-electron chi connectivity index (χ4n) is 1.35. The number of amides is 1. The van der Waals surface area contributed by atoms with Crippen LogP contribution in [0.25, 0.3) is 0 Å². The minimum absolute atomic E-state index is 0.0298. The average Bonchev–Trinajstić information content (AvgIpc) is 2.08. The van der Waals surface area contributed by atoms with E-state index in [-0.39, 0.29) is 17.4 Å². The van der Waals surface area contributed by atoms with Crippen LogP contribution in [-0.4, -0.2) is 30.2 Å². The first-order valence-electron chi connectivity index (χ1n) is 4.32. The van der Waals surface area contributed by atoms with Gasteiger partial charge in [0.15, 0.2) is 0 Å². The Labute approximate surface area is 86.8 Å². The molecule has 0 aromatic heterocycles. The maximum absolute atomic E-state index is 10.9. The van der Waals surface area contributed by atoms with Crippen LogP contribution in [0.2, 0.25) is 0 Å². The fraction of sp³-hybridized carbons (Fsp3) is 0.875. The smallest absolute Gasteiger partial charge is 0.217 e. The van der Waals surface area contributed by atoms with Crippen molar-refractivity contribution in [3.8, 4) is 0 Å². The van der Waals surface area contributed by atoms with Gasteiger partial charge in [-0.3, -0.25) is 4.79 Å². The first-order valence-corrected chi connectivity index (χ1v) is 6.94. The highest BCUT2D eigenvalue weighted by molar-refractivity contribution is 8.76. The molecule has 1 saturated heterocycles. The lowest BCUT2D eigenvalue weighted by Crippen LogP contribution is -2.44. The summed E-state index contributed by atoms with van der Waals surface area (Å²) in [6, 6.07) is 0.184. The summed E-state index contributed by atoms with van der Waals surface area (Å²) in [5.74, 6) is 0.0298. The number of carbonyl (C=O) groups excluding carboxylic acids is 1. The van der Waals surface area contributed by atoms with Gasteiger partial charge in [0, 0.05) is 13.5 Å². The van der Waals surface area contributed by atoms with Crippen LogP contribution < -0.4 is 5.32 Å². The zero-order valence-corrected chi connectivity index (χ0v) is 9.54. The van der Waals surface area contributed by atoms with Crippen LogP contribution in [0, 0.1) is 0 Å². The number of nitrogens with one attached hydrogen (secondary N) is 1. The number of hydrogen-bond acceptors (Lipinski definition) is 4. The third kappa shape index (κ3) is 3.79. The van der Waals surface area contributed by atoms with Gasteiger partial charge in [0.25, 0.3) is 0 Å². The molecule has 1 aliphatic heterocycles. The molecular formula is C8H15NO2S2. The van der Waals surface area contributed by atoms with Crippen LogP contribution >= 0.6 is 21.6 Å². The second-order valence-electron chi connectivity index (χ2n) is 2.95. The van der Waals surface area contributed by atoms with Crippen LogP contribution in [0.5, 0.6) is 0 Å². The van der Waals surface area contributed by atoms with E-state index in [4.69, 9.17) is 4.74 Å². The van der Waals surface area contributed by atoms with Crippen molar-refractivity contribution in [1.29, 1.82) is 0 Å². The molecule has 0 spiro atoms. The summed E-state index contributed by atoms with van der Waals surface area (Å²) < 4.78 is 5.56. The fourth-order valence-corrected chi connectivity index (χ4v) is 3.16. The molecule has 2 atom stereocenters. The van der Waals surface area contributed by atoms with Crippen molar-refractivity contribution in [1.82, 2.24) is 5.32 Å². The zero-order valence-electron chi connectivity index (χ0n) is 7.91. The highest BCUT2D eigenvalue weighted by atomic mass is 33.1. The van der Waals surface area contributed by atoms with E-state index in [1.807, 2.05) is 6.26 Å². The Kier molecular flexibility index (Phi) is 4.98. The van der Waals surface area contributed by atoms with E-state index in [1.165, 1.54) is 0 Å². The van der Waals surface area contributed by atoms with Crippen molar-refractivity contribution in [2.45, 2.75) is 31.2 Å². The highest BCUT2D eigenvalue weighted by Gasteiger charge is 2.26. The van der Waals surface area contributed by atoms with Gasteiger partial charge in [-0.2, -0.15) is 0 Å². The Hall–Kier alpha value is 0.130. The van der Waals surface area contributed by atoms with Crippen LogP contribution in [0.15, 0.2) is 0 Å². The van der Waals surface area contributed by atoms with Gasteiger partial charge >= 0.3 is 0 Å². The van der Waals surface area contributed by atoms with Crippen molar-refractivity contribution in [3.05, 3.63) is 0 Å². The number of rotatable bonds is 3. The molecule has 0 aliphatic carbocycles. The molecule has 1 amide bonds. The van der Waals surface area contributed by atoms with Gasteiger partial charge in [0.2, 0.25) is 5.91 Å². The van der Waals surface area contributed by atoms with E-state index in [9.17, 15) is 4.79 Å². The molecule has 2 unspecified atom stereocenters. The molecule has 0 bridgehead atoms. The lowest BCUT2D eigenvalue weighted by Gasteiger charge is -2.30. The summed E-state index contributed by atoms with van der Waals surface area (Å²) in [6.07, 6.45) is 4.08. The normalized spacial score (nSPS) is 28.5. The van der Waals surface area contributed by atoms with Crippen molar-refractivity contribution < 1.29 is 9.53 Å². The highest BCUT2D eigenvalue weighted by Crippen LogP contribution is 2.31. The van der Waals surface area contributed by atoms with E-state index in [0.29, 0.717) is 0 Å². The van der Waals surface area contributed by atoms with Gasteiger partial charge in [0.05, 0.1) is 6.04 Å². The Morgan fingerprint density at radius 1 is 1.62 bits per heavy atom. The maximum Gasteiger partial charge on any atom is 0.217 e. The average molecular weight is 221 g/mol. The summed E-state index contributed by atoms with van der Waals surface area (Å²) >= 11 is 0. The van der Waals surface area contributed by atoms with Crippen molar-refractivity contribution in [3.63, 3.8) is 0 Å². The van der Waals surface area contributed by atoms with Crippen LogP contribution in [0.3, 0.4) is 0 Å². The topological polar surface area (TPSA) is 38.3 Å². The number of ether oxygens (including phenoxy) is 1. The molecule has 0 aromatic carbocycles. The lowest BCUT2D eigenvalue weighted by atomic mass is 10.1. The minimum Gasteiger partial charge on any atom is -0.365 e. The predicted molar refractivity (Wildman–Crippen MR) is 57.7 cm³/mol. The Morgan fingerprint density at radius 2 is 2.38 bits per heavy atom. The Morgan fingerprint density at radius 3 is 3.00 bits per heavy atom. The predicted octanol–water partition coefficient (Wildman–Crippen LogP) is 1.64. The summed E-state index contributed by atoms with van der Waals surface area (Å²) in [4.78, 5) is 10.9. The molecule has 76 valence electrons. The number of carbonyl (C=O) groups is 1. The van der Waals surface area contributed by atoms with Crippen LogP contribution in [0.1, 0.15) is 19.8 Å². The summed E-state index contributed by atoms with van der Waals surface area (Å²) in [7, 11) is 3.36. The number of hydrogen-bond donors (Lipinski definition) is 1. The second kappa shape index (κ2) is 5.78. The molecule has 1 heterocycles. The van der Waals surface area contributed by atoms with E-state index in [0.717, 1.165) is 19.4 Å². The van der Waals surface area contributed by atoms with Gasteiger partial charge in [0.1, 0.15) is 5.44 Å². The van der Waals surface area contributed by atoms with Crippen molar-refractivity contribution >= 4 is 27.5 Å². The van der Waals surface area contributed by atoms with Crippen LogP contribution in [-0.2, 0) is 9.53 Å². The standard InChI is InChI=1S/C8H15NO2S2/c1-6(10)9-7-4-3-5-11-8(7)13-12-2/h7-8H,3-5H2,1-2H3,(H,9,10). The molecule has 1 fully saturated rings. The molecule has 0 saturated carbocycles. The molecule has 0 radical (unpaired) electrons. The van der Waals surface area contributed by atoms with E-state index in [1.54, 1.807) is 28.5 Å². The summed E-state index contributed by atoms with van der Waals surface area (Å²) in [5, 5.41) is 2.92.